The molecule has 1 aliphatic rings. The van der Waals surface area contributed by atoms with Crippen molar-refractivity contribution in [2.75, 3.05) is 31.5 Å². The molecule has 0 aliphatic carbocycles. The molecule has 3 aromatic rings. The van der Waals surface area contributed by atoms with Crippen LogP contribution in [-0.2, 0) is 23.1 Å². The second-order valence-electron chi connectivity index (χ2n) is 8.33. The Kier molecular flexibility index (Phi) is 6.72. The molecule has 8 nitrogen and oxygen atoms in total. The average molecular weight is 448 g/mol. The fourth-order valence-electron chi connectivity index (χ4n) is 4.24. The average Bonchev–Trinajstić information content (AvgIpc) is 3.00. The van der Waals surface area contributed by atoms with Crippen molar-refractivity contribution in [1.82, 2.24) is 19.4 Å². The number of hydrogen-bond acceptors (Lipinski definition) is 4. The van der Waals surface area contributed by atoms with E-state index in [-0.39, 0.29) is 11.8 Å². The smallest absolute Gasteiger partial charge is 0.256 e. The van der Waals surface area contributed by atoms with Gasteiger partial charge in [0.1, 0.15) is 5.82 Å². The first-order chi connectivity index (χ1) is 16.0. The Hall–Kier alpha value is -3.68. The Morgan fingerprint density at radius 3 is 2.61 bits per heavy atom. The first kappa shape index (κ1) is 22.5. The first-order valence-corrected chi connectivity index (χ1v) is 11.3. The molecule has 0 bridgehead atoms. The third-order valence-corrected chi connectivity index (χ3v) is 6.07. The molecular weight excluding hydrogens is 418 g/mol. The summed E-state index contributed by atoms with van der Waals surface area (Å²) in [6.07, 6.45) is 2.54. The van der Waals surface area contributed by atoms with Gasteiger partial charge in [0.15, 0.2) is 0 Å². The van der Waals surface area contributed by atoms with Gasteiger partial charge in [0, 0.05) is 51.8 Å². The third kappa shape index (κ3) is 4.89. The van der Waals surface area contributed by atoms with E-state index in [0.29, 0.717) is 55.8 Å². The van der Waals surface area contributed by atoms with Crippen molar-refractivity contribution in [2.45, 2.75) is 26.2 Å². The molecule has 2 heterocycles. The van der Waals surface area contributed by atoms with Crippen LogP contribution < -0.4 is 5.32 Å². The van der Waals surface area contributed by atoms with Gasteiger partial charge in [-0.2, -0.15) is 0 Å². The van der Waals surface area contributed by atoms with Crippen molar-refractivity contribution in [3.8, 4) is 0 Å². The van der Waals surface area contributed by atoms with Gasteiger partial charge in [-0.1, -0.05) is 37.3 Å². The first-order valence-electron chi connectivity index (χ1n) is 11.3. The topological polar surface area (TPSA) is 87.5 Å². The van der Waals surface area contributed by atoms with E-state index in [1.807, 2.05) is 48.0 Å². The molecule has 1 aromatic heterocycles. The highest BCUT2D eigenvalue weighted by molar-refractivity contribution is 6.07. The number of carbonyl (C=O) groups is 3. The number of carbonyl (C=O) groups excluding carboxylic acids is 3. The minimum absolute atomic E-state index is 0.116. The van der Waals surface area contributed by atoms with E-state index < -0.39 is 0 Å². The van der Waals surface area contributed by atoms with Gasteiger partial charge < -0.3 is 19.7 Å². The second-order valence-corrected chi connectivity index (χ2v) is 8.33. The fraction of sp³-hybridized carbons (Fsp3) is 0.360. The number of fused-ring (bicyclic) bond motifs is 1. The molecule has 33 heavy (non-hydrogen) atoms. The van der Waals surface area contributed by atoms with Crippen LogP contribution in [0, 0.1) is 0 Å². The summed E-state index contributed by atoms with van der Waals surface area (Å²) in [7, 11) is 1.92. The maximum absolute atomic E-state index is 13.7. The molecule has 2 aromatic carbocycles. The fourth-order valence-corrected chi connectivity index (χ4v) is 4.24. The summed E-state index contributed by atoms with van der Waals surface area (Å²) in [4.78, 5) is 45.2. The lowest BCUT2D eigenvalue weighted by molar-refractivity contribution is -0.118. The predicted octanol–water partition coefficient (Wildman–Crippen LogP) is 2.82. The number of nitrogens with zero attached hydrogens (tertiary/aromatic N) is 4. The normalized spacial score (nSPS) is 14.2. The summed E-state index contributed by atoms with van der Waals surface area (Å²) in [6, 6.07) is 13.6. The van der Waals surface area contributed by atoms with Crippen molar-refractivity contribution in [1.29, 1.82) is 0 Å². The number of nitrogens with one attached hydrogen (secondary N) is 1. The SMILES string of the molecule is CCC(=O)Nc1cc(C(=O)N2CCCN(C=O)CC2)c2c(c1)nc(Cc1ccccc1)n2C. The van der Waals surface area contributed by atoms with Gasteiger partial charge in [-0.05, 0) is 24.1 Å². The van der Waals surface area contributed by atoms with E-state index in [4.69, 9.17) is 4.98 Å². The van der Waals surface area contributed by atoms with Crippen LogP contribution in [0.1, 0.15) is 41.5 Å². The van der Waals surface area contributed by atoms with E-state index in [2.05, 4.69) is 5.32 Å². The number of amides is 3. The minimum Gasteiger partial charge on any atom is -0.343 e. The van der Waals surface area contributed by atoms with Gasteiger partial charge in [0.25, 0.3) is 5.91 Å². The highest BCUT2D eigenvalue weighted by Crippen LogP contribution is 2.27. The van der Waals surface area contributed by atoms with Crippen molar-refractivity contribution in [2.24, 2.45) is 7.05 Å². The summed E-state index contributed by atoms with van der Waals surface area (Å²) >= 11 is 0. The molecule has 0 unspecified atom stereocenters. The Balaban J connectivity index is 1.75. The van der Waals surface area contributed by atoms with Crippen molar-refractivity contribution >= 4 is 34.9 Å². The number of benzene rings is 2. The molecule has 0 saturated carbocycles. The maximum atomic E-state index is 13.7. The molecule has 0 radical (unpaired) electrons. The van der Waals surface area contributed by atoms with Crippen LogP contribution in [0.3, 0.4) is 0 Å². The number of hydrogen-bond donors (Lipinski definition) is 1. The van der Waals surface area contributed by atoms with Crippen molar-refractivity contribution in [3.05, 3.63) is 59.4 Å². The summed E-state index contributed by atoms with van der Waals surface area (Å²) < 4.78 is 1.97. The van der Waals surface area contributed by atoms with Gasteiger partial charge in [0.05, 0.1) is 16.6 Å². The zero-order valence-corrected chi connectivity index (χ0v) is 19.1. The lowest BCUT2D eigenvalue weighted by Gasteiger charge is -2.21. The molecule has 1 N–H and O–H groups in total. The van der Waals surface area contributed by atoms with Gasteiger partial charge in [-0.3, -0.25) is 14.4 Å². The zero-order valence-electron chi connectivity index (χ0n) is 19.1. The van der Waals surface area contributed by atoms with Crippen LogP contribution in [0.4, 0.5) is 5.69 Å². The van der Waals surface area contributed by atoms with E-state index >= 15 is 0 Å². The maximum Gasteiger partial charge on any atom is 0.256 e. The van der Waals surface area contributed by atoms with E-state index in [1.165, 1.54) is 0 Å². The van der Waals surface area contributed by atoms with Crippen LogP contribution >= 0.6 is 0 Å². The quantitative estimate of drug-likeness (QED) is 0.589. The zero-order chi connectivity index (χ0) is 23.4. The molecule has 0 spiro atoms. The molecule has 4 rings (SSSR count). The number of rotatable bonds is 6. The number of aromatic nitrogens is 2. The molecule has 3 amide bonds. The molecule has 1 saturated heterocycles. The largest absolute Gasteiger partial charge is 0.343 e. The standard InChI is InChI=1S/C25H29N5O3/c1-3-23(32)26-19-15-20(25(33)30-11-7-10-29(17-31)12-13-30)24-21(16-19)27-22(28(24)2)14-18-8-5-4-6-9-18/h4-6,8-9,15-17H,3,7,10-14H2,1-2H3,(H,26,32). The molecule has 1 fully saturated rings. The van der Waals surface area contributed by atoms with Gasteiger partial charge in [0.2, 0.25) is 12.3 Å². The van der Waals surface area contributed by atoms with Crippen LogP contribution in [0.15, 0.2) is 42.5 Å². The summed E-state index contributed by atoms with van der Waals surface area (Å²) in [6.45, 7) is 3.98. The highest BCUT2D eigenvalue weighted by atomic mass is 16.2. The Bertz CT molecular complexity index is 1170. The second kappa shape index (κ2) is 9.85. The highest BCUT2D eigenvalue weighted by Gasteiger charge is 2.25. The minimum atomic E-state index is -0.121. The van der Waals surface area contributed by atoms with Gasteiger partial charge >= 0.3 is 0 Å². The van der Waals surface area contributed by atoms with Crippen LogP contribution in [0.2, 0.25) is 0 Å². The van der Waals surface area contributed by atoms with Crippen molar-refractivity contribution in [3.63, 3.8) is 0 Å². The molecule has 0 atom stereocenters. The van der Waals surface area contributed by atoms with Gasteiger partial charge in [-0.25, -0.2) is 4.98 Å². The molecule has 1 aliphatic heterocycles. The van der Waals surface area contributed by atoms with Crippen molar-refractivity contribution < 1.29 is 14.4 Å². The number of aryl methyl sites for hydroxylation is 1. The monoisotopic (exact) mass is 447 g/mol. The lowest BCUT2D eigenvalue weighted by Crippen LogP contribution is -2.35. The number of anilines is 1. The Morgan fingerprint density at radius 1 is 1.09 bits per heavy atom. The van der Waals surface area contributed by atoms with Crippen LogP contribution in [-0.4, -0.2) is 63.8 Å². The summed E-state index contributed by atoms with van der Waals surface area (Å²) in [5, 5.41) is 2.88. The third-order valence-electron chi connectivity index (χ3n) is 6.07. The summed E-state index contributed by atoms with van der Waals surface area (Å²) in [5.74, 6) is 0.603. The van der Waals surface area contributed by atoms with Crippen LogP contribution in [0.5, 0.6) is 0 Å². The van der Waals surface area contributed by atoms with E-state index in [0.717, 1.165) is 29.7 Å². The van der Waals surface area contributed by atoms with Gasteiger partial charge in [-0.15, -0.1) is 0 Å². The molecular formula is C25H29N5O3. The van der Waals surface area contributed by atoms with E-state index in [1.54, 1.807) is 22.8 Å². The molecule has 172 valence electrons. The summed E-state index contributed by atoms with van der Waals surface area (Å²) in [5.41, 5.74) is 3.62. The Morgan fingerprint density at radius 2 is 1.88 bits per heavy atom. The Labute approximate surface area is 193 Å². The molecule has 8 heteroatoms. The van der Waals surface area contributed by atoms with E-state index in [9.17, 15) is 14.4 Å². The lowest BCUT2D eigenvalue weighted by atomic mass is 10.1. The van der Waals surface area contributed by atoms with Crippen LogP contribution in [0.25, 0.3) is 11.0 Å². The predicted molar refractivity (Wildman–Crippen MR) is 127 cm³/mol. The number of imidazole rings is 1.